The number of carbonyl (C=O) groups excluding carboxylic acids is 1. The van der Waals surface area contributed by atoms with Gasteiger partial charge in [-0.15, -0.1) is 11.8 Å². The largest absolute Gasteiger partial charge is 0.462 e. The van der Waals surface area contributed by atoms with Gasteiger partial charge < -0.3 is 15.2 Å². The topological polar surface area (TPSA) is 96.4 Å². The van der Waals surface area contributed by atoms with Crippen molar-refractivity contribution < 1.29 is 14.3 Å². The molecule has 8 heteroatoms. The maximum atomic E-state index is 11.6. The Hall–Kier alpha value is -1.54. The van der Waals surface area contributed by atoms with Crippen molar-refractivity contribution in [1.29, 1.82) is 0 Å². The molecule has 0 amide bonds. The summed E-state index contributed by atoms with van der Waals surface area (Å²) < 4.78 is 11.8. The van der Waals surface area contributed by atoms with E-state index >= 15 is 0 Å². The molecular weight excluding hydrogens is 258 g/mol. The van der Waals surface area contributed by atoms with Gasteiger partial charge in [0.15, 0.2) is 0 Å². The molecule has 18 heavy (non-hydrogen) atoms. The second-order valence-electron chi connectivity index (χ2n) is 3.70. The van der Waals surface area contributed by atoms with Crippen molar-refractivity contribution in [1.82, 2.24) is 9.55 Å². The number of rotatable bonds is 3. The second-order valence-corrected chi connectivity index (χ2v) is 4.89. The highest BCUT2D eigenvalue weighted by molar-refractivity contribution is 8.00. The van der Waals surface area contributed by atoms with Crippen LogP contribution in [-0.4, -0.2) is 33.3 Å². The van der Waals surface area contributed by atoms with E-state index < -0.39 is 11.9 Å². The zero-order chi connectivity index (χ0) is 13.1. The Bertz CT molecular complexity index is 504. The molecule has 98 valence electrons. The first-order valence-electron chi connectivity index (χ1n) is 5.31. The number of carbonyl (C=O) groups is 1. The van der Waals surface area contributed by atoms with Gasteiger partial charge in [-0.1, -0.05) is 0 Å². The Labute approximate surface area is 107 Å². The zero-order valence-corrected chi connectivity index (χ0v) is 10.6. The van der Waals surface area contributed by atoms with Gasteiger partial charge in [-0.05, 0) is 6.07 Å². The number of esters is 1. The number of hydrogen-bond donors (Lipinski definition) is 1. The minimum absolute atomic E-state index is 0.174. The molecule has 2 atom stereocenters. The number of anilines is 1. The molecule has 1 aliphatic heterocycles. The van der Waals surface area contributed by atoms with E-state index in [0.29, 0.717) is 5.75 Å². The summed E-state index contributed by atoms with van der Waals surface area (Å²) in [6, 6.07) is 1.54. The Morgan fingerprint density at radius 1 is 1.78 bits per heavy atom. The minimum atomic E-state index is -0.450. The molecule has 1 aromatic heterocycles. The third-order valence-electron chi connectivity index (χ3n) is 2.32. The number of ether oxygens (including phenoxy) is 2. The first kappa shape index (κ1) is 12.9. The van der Waals surface area contributed by atoms with Crippen LogP contribution < -0.4 is 11.4 Å². The molecule has 1 fully saturated rings. The fourth-order valence-corrected chi connectivity index (χ4v) is 2.50. The van der Waals surface area contributed by atoms with Crippen molar-refractivity contribution in [3.05, 3.63) is 22.7 Å². The van der Waals surface area contributed by atoms with E-state index in [4.69, 9.17) is 15.2 Å². The molecule has 1 saturated heterocycles. The number of aromatic nitrogens is 2. The van der Waals surface area contributed by atoms with Crippen LogP contribution >= 0.6 is 11.8 Å². The average molecular weight is 271 g/mol. The molecule has 2 rings (SSSR count). The molecule has 2 N–H and O–H groups in total. The Kier molecular flexibility index (Phi) is 3.87. The van der Waals surface area contributed by atoms with E-state index in [9.17, 15) is 9.59 Å². The number of nitrogens with two attached hydrogens (primary N) is 1. The average Bonchev–Trinajstić information content (AvgIpc) is 2.75. The van der Waals surface area contributed by atoms with Crippen molar-refractivity contribution in [3.8, 4) is 0 Å². The maximum Gasteiger partial charge on any atom is 0.351 e. The van der Waals surface area contributed by atoms with Crippen LogP contribution in [0.5, 0.6) is 0 Å². The van der Waals surface area contributed by atoms with E-state index in [1.54, 1.807) is 6.20 Å². The van der Waals surface area contributed by atoms with E-state index in [1.807, 2.05) is 0 Å². The molecule has 0 spiro atoms. The first-order valence-corrected chi connectivity index (χ1v) is 6.36. The van der Waals surface area contributed by atoms with Gasteiger partial charge in [0.2, 0.25) is 0 Å². The van der Waals surface area contributed by atoms with Crippen LogP contribution in [0.1, 0.15) is 13.2 Å². The summed E-state index contributed by atoms with van der Waals surface area (Å²) in [6.45, 7) is 1.51. The lowest BCUT2D eigenvalue weighted by Crippen LogP contribution is -2.28. The third kappa shape index (κ3) is 3.02. The normalized spacial score (nSPS) is 22.9. The van der Waals surface area contributed by atoms with Crippen LogP contribution in [-0.2, 0) is 14.3 Å². The van der Waals surface area contributed by atoms with Gasteiger partial charge in [-0.2, -0.15) is 4.98 Å². The molecule has 2 heterocycles. The highest BCUT2D eigenvalue weighted by Crippen LogP contribution is 2.30. The molecule has 0 bridgehead atoms. The van der Waals surface area contributed by atoms with Crippen molar-refractivity contribution in [3.63, 3.8) is 0 Å². The fraction of sp³-hybridized carbons (Fsp3) is 0.500. The van der Waals surface area contributed by atoms with E-state index in [0.717, 1.165) is 0 Å². The van der Waals surface area contributed by atoms with E-state index in [1.165, 1.54) is 29.3 Å². The van der Waals surface area contributed by atoms with Gasteiger partial charge in [-0.25, -0.2) is 4.79 Å². The van der Waals surface area contributed by atoms with Gasteiger partial charge in [-0.3, -0.25) is 9.36 Å². The quantitative estimate of drug-likeness (QED) is 0.771. The van der Waals surface area contributed by atoms with Crippen LogP contribution in [0.2, 0.25) is 0 Å². The Balaban J connectivity index is 2.00. The summed E-state index contributed by atoms with van der Waals surface area (Å²) in [4.78, 5) is 25.9. The SMILES string of the molecule is CC(=O)OC[C@@H]1O[C@H](n2ccc(N)nc2=O)CS1. The third-order valence-corrected chi connectivity index (χ3v) is 3.41. The molecule has 1 aromatic rings. The van der Waals surface area contributed by atoms with Gasteiger partial charge >= 0.3 is 11.7 Å². The Morgan fingerprint density at radius 2 is 2.56 bits per heavy atom. The number of nitrogens with zero attached hydrogens (tertiary/aromatic N) is 2. The molecule has 0 aliphatic carbocycles. The number of thioether (sulfide) groups is 1. The van der Waals surface area contributed by atoms with Crippen molar-refractivity contribution in [2.45, 2.75) is 18.6 Å². The second kappa shape index (κ2) is 5.40. The summed E-state index contributed by atoms with van der Waals surface area (Å²) in [7, 11) is 0. The summed E-state index contributed by atoms with van der Waals surface area (Å²) >= 11 is 1.48. The first-order chi connectivity index (χ1) is 8.56. The summed E-state index contributed by atoms with van der Waals surface area (Å²) in [5, 5.41) is 0. The van der Waals surface area contributed by atoms with E-state index in [-0.39, 0.29) is 23.8 Å². The molecule has 7 nitrogen and oxygen atoms in total. The Morgan fingerprint density at radius 3 is 3.22 bits per heavy atom. The molecule has 0 unspecified atom stereocenters. The summed E-state index contributed by atoms with van der Waals surface area (Å²) in [5.41, 5.74) is 4.70. The van der Waals surface area contributed by atoms with Gasteiger partial charge in [0.25, 0.3) is 0 Å². The minimum Gasteiger partial charge on any atom is -0.462 e. The fourth-order valence-electron chi connectivity index (χ4n) is 1.51. The molecule has 1 aliphatic rings. The standard InChI is InChI=1S/C10H13N3O4S/c1-6(14)16-4-9-17-8(5-18-9)13-3-2-7(11)12-10(13)15/h2-3,8-9H,4-5H2,1H3,(H2,11,12,15)/t8-,9+/m0/s1. The lowest BCUT2D eigenvalue weighted by molar-refractivity contribution is -0.144. The summed E-state index contributed by atoms with van der Waals surface area (Å²) in [6.07, 6.45) is 1.14. The van der Waals surface area contributed by atoms with E-state index in [2.05, 4.69) is 4.98 Å². The summed E-state index contributed by atoms with van der Waals surface area (Å²) in [5.74, 6) is 0.421. The highest BCUT2D eigenvalue weighted by Gasteiger charge is 2.28. The molecule has 0 saturated carbocycles. The van der Waals surface area contributed by atoms with Crippen molar-refractivity contribution in [2.75, 3.05) is 18.1 Å². The predicted molar refractivity (Wildman–Crippen MR) is 65.9 cm³/mol. The van der Waals surface area contributed by atoms with Crippen molar-refractivity contribution >= 4 is 23.5 Å². The number of nitrogen functional groups attached to an aromatic ring is 1. The highest BCUT2D eigenvalue weighted by atomic mass is 32.2. The zero-order valence-electron chi connectivity index (χ0n) is 9.74. The molecular formula is C10H13N3O4S. The maximum absolute atomic E-state index is 11.6. The monoisotopic (exact) mass is 271 g/mol. The molecule has 0 radical (unpaired) electrons. The number of hydrogen-bond acceptors (Lipinski definition) is 7. The van der Waals surface area contributed by atoms with Gasteiger partial charge in [0.05, 0.1) is 0 Å². The van der Waals surface area contributed by atoms with Crippen LogP contribution in [0, 0.1) is 0 Å². The lowest BCUT2D eigenvalue weighted by Gasteiger charge is -2.14. The van der Waals surface area contributed by atoms with Crippen LogP contribution in [0.25, 0.3) is 0 Å². The van der Waals surface area contributed by atoms with Crippen LogP contribution in [0.4, 0.5) is 5.82 Å². The van der Waals surface area contributed by atoms with Gasteiger partial charge in [0, 0.05) is 18.9 Å². The lowest BCUT2D eigenvalue weighted by atomic mass is 10.5. The van der Waals surface area contributed by atoms with Crippen molar-refractivity contribution in [2.24, 2.45) is 0 Å². The predicted octanol–water partition coefficient (Wildman–Crippen LogP) is -0.0233. The van der Waals surface area contributed by atoms with Gasteiger partial charge in [0.1, 0.15) is 24.1 Å². The van der Waals surface area contributed by atoms with Crippen LogP contribution in [0.3, 0.4) is 0 Å². The smallest absolute Gasteiger partial charge is 0.351 e. The molecule has 0 aromatic carbocycles. The van der Waals surface area contributed by atoms with Crippen LogP contribution in [0.15, 0.2) is 17.1 Å².